The van der Waals surface area contributed by atoms with Crippen LogP contribution in [0.1, 0.15) is 19.2 Å². The molecule has 1 heterocycles. The summed E-state index contributed by atoms with van der Waals surface area (Å²) in [5, 5.41) is 10.3. The summed E-state index contributed by atoms with van der Waals surface area (Å²) in [6.45, 7) is 2.70. The van der Waals surface area contributed by atoms with Gasteiger partial charge in [0.15, 0.2) is 0 Å². The first-order chi connectivity index (χ1) is 9.63. The molecular formula is C14H15ClN2O3. The van der Waals surface area contributed by atoms with Gasteiger partial charge in [0.2, 0.25) is 5.88 Å². The van der Waals surface area contributed by atoms with Gasteiger partial charge in [-0.1, -0.05) is 36.7 Å². The molecule has 0 bridgehead atoms. The Bertz CT molecular complexity index is 655. The van der Waals surface area contributed by atoms with Crippen LogP contribution in [-0.4, -0.2) is 21.7 Å². The van der Waals surface area contributed by atoms with Crippen molar-refractivity contribution in [3.8, 4) is 17.0 Å². The number of ether oxygens (including phenoxy) is 1. The Morgan fingerprint density at radius 2 is 2.15 bits per heavy atom. The van der Waals surface area contributed by atoms with Crippen LogP contribution in [0.5, 0.6) is 5.88 Å². The van der Waals surface area contributed by atoms with Crippen molar-refractivity contribution in [1.29, 1.82) is 0 Å². The van der Waals surface area contributed by atoms with Gasteiger partial charge >= 0.3 is 0 Å². The van der Waals surface area contributed by atoms with Crippen molar-refractivity contribution in [2.75, 3.05) is 6.61 Å². The molecule has 0 radical (unpaired) electrons. The molecule has 5 nitrogen and oxygen atoms in total. The topological polar surface area (TPSA) is 75.2 Å². The third-order valence-corrected chi connectivity index (χ3v) is 3.01. The molecule has 0 saturated heterocycles. The van der Waals surface area contributed by atoms with E-state index >= 15 is 0 Å². The Morgan fingerprint density at radius 3 is 2.80 bits per heavy atom. The fourth-order valence-electron chi connectivity index (χ4n) is 1.80. The van der Waals surface area contributed by atoms with Crippen molar-refractivity contribution in [2.24, 2.45) is 0 Å². The fraction of sp³-hybridized carbons (Fsp3) is 0.286. The van der Waals surface area contributed by atoms with E-state index < -0.39 is 5.56 Å². The number of aromatic nitrogens is 2. The molecule has 6 heteroatoms. The van der Waals surface area contributed by atoms with E-state index in [4.69, 9.17) is 16.3 Å². The van der Waals surface area contributed by atoms with E-state index in [1.165, 1.54) is 0 Å². The zero-order valence-electron chi connectivity index (χ0n) is 11.0. The van der Waals surface area contributed by atoms with Gasteiger partial charge in [-0.2, -0.15) is 4.98 Å². The van der Waals surface area contributed by atoms with Crippen LogP contribution in [-0.2, 0) is 11.3 Å². The molecule has 2 rings (SSSR count). The second-order valence-electron chi connectivity index (χ2n) is 4.24. The summed E-state index contributed by atoms with van der Waals surface area (Å²) >= 11 is 6.03. The number of H-pyrrole nitrogens is 1. The number of aromatic hydroxyl groups is 1. The molecule has 2 N–H and O–H groups in total. The maximum atomic E-state index is 12.1. The first-order valence-corrected chi connectivity index (χ1v) is 6.66. The van der Waals surface area contributed by atoms with Gasteiger partial charge in [-0.3, -0.25) is 4.79 Å². The first kappa shape index (κ1) is 14.6. The van der Waals surface area contributed by atoms with Crippen molar-refractivity contribution in [1.82, 2.24) is 9.97 Å². The van der Waals surface area contributed by atoms with Crippen molar-refractivity contribution in [3.05, 3.63) is 45.5 Å². The van der Waals surface area contributed by atoms with E-state index in [2.05, 4.69) is 9.97 Å². The van der Waals surface area contributed by atoms with E-state index in [0.29, 0.717) is 17.2 Å². The number of hydrogen-bond donors (Lipinski definition) is 2. The molecule has 0 amide bonds. The Kier molecular flexibility index (Phi) is 4.76. The van der Waals surface area contributed by atoms with Crippen LogP contribution >= 0.6 is 11.6 Å². The number of nitrogens with zero attached hydrogens (tertiary/aromatic N) is 1. The third-order valence-electron chi connectivity index (χ3n) is 2.68. The van der Waals surface area contributed by atoms with E-state index in [1.54, 1.807) is 24.3 Å². The minimum atomic E-state index is -0.444. The molecule has 0 aliphatic carbocycles. The molecule has 0 fully saturated rings. The molecule has 0 aliphatic rings. The molecule has 0 saturated carbocycles. The van der Waals surface area contributed by atoms with Crippen molar-refractivity contribution in [3.63, 3.8) is 0 Å². The lowest BCUT2D eigenvalue weighted by Gasteiger charge is -2.07. The zero-order chi connectivity index (χ0) is 14.5. The van der Waals surface area contributed by atoms with E-state index in [-0.39, 0.29) is 23.9 Å². The summed E-state index contributed by atoms with van der Waals surface area (Å²) in [4.78, 5) is 18.6. The van der Waals surface area contributed by atoms with Crippen LogP contribution in [0.3, 0.4) is 0 Å². The SMILES string of the molecule is CCCOCc1nc(O)c(-c2ccccc2Cl)c(=O)[nH]1. The van der Waals surface area contributed by atoms with Crippen LogP contribution in [0.25, 0.3) is 11.1 Å². The Balaban J connectivity index is 2.37. The summed E-state index contributed by atoms with van der Waals surface area (Å²) in [5.74, 6) is -0.0614. The Hall–Kier alpha value is -1.85. The smallest absolute Gasteiger partial charge is 0.262 e. The number of nitrogens with one attached hydrogen (secondary N) is 1. The normalized spacial score (nSPS) is 10.7. The lowest BCUT2D eigenvalue weighted by Crippen LogP contribution is -2.15. The van der Waals surface area contributed by atoms with Gasteiger partial charge in [0.05, 0.1) is 0 Å². The van der Waals surface area contributed by atoms with Gasteiger partial charge in [0.1, 0.15) is 18.0 Å². The van der Waals surface area contributed by atoms with Gasteiger partial charge in [0.25, 0.3) is 5.56 Å². The molecule has 106 valence electrons. The van der Waals surface area contributed by atoms with Crippen molar-refractivity contribution < 1.29 is 9.84 Å². The first-order valence-electron chi connectivity index (χ1n) is 6.28. The Labute approximate surface area is 121 Å². The lowest BCUT2D eigenvalue weighted by molar-refractivity contribution is 0.115. The van der Waals surface area contributed by atoms with Crippen LogP contribution in [0.4, 0.5) is 0 Å². The molecule has 0 spiro atoms. The van der Waals surface area contributed by atoms with Crippen LogP contribution in [0.15, 0.2) is 29.1 Å². The lowest BCUT2D eigenvalue weighted by atomic mass is 10.1. The fourth-order valence-corrected chi connectivity index (χ4v) is 2.03. The van der Waals surface area contributed by atoms with Crippen molar-refractivity contribution in [2.45, 2.75) is 20.0 Å². The summed E-state index contributed by atoms with van der Waals surface area (Å²) in [6, 6.07) is 6.78. The highest BCUT2D eigenvalue weighted by Crippen LogP contribution is 2.29. The molecular weight excluding hydrogens is 280 g/mol. The average molecular weight is 295 g/mol. The number of hydrogen-bond acceptors (Lipinski definition) is 4. The molecule has 20 heavy (non-hydrogen) atoms. The van der Waals surface area contributed by atoms with Gasteiger partial charge in [-0.05, 0) is 12.5 Å². The number of rotatable bonds is 5. The van der Waals surface area contributed by atoms with E-state index in [9.17, 15) is 9.90 Å². The second-order valence-corrected chi connectivity index (χ2v) is 4.65. The predicted octanol–water partition coefficient (Wildman–Crippen LogP) is 2.72. The minimum Gasteiger partial charge on any atom is -0.493 e. The standard InChI is InChI=1S/C14H15ClN2O3/c1-2-7-20-8-11-16-13(18)12(14(19)17-11)9-5-3-4-6-10(9)15/h3-6H,2,7-8H2,1H3,(H2,16,17,18,19). The summed E-state index contributed by atoms with van der Waals surface area (Å²) in [5.41, 5.74) is 0.0667. The molecule has 1 aromatic heterocycles. The maximum absolute atomic E-state index is 12.1. The number of benzene rings is 1. The van der Waals surface area contributed by atoms with E-state index in [0.717, 1.165) is 6.42 Å². The quantitative estimate of drug-likeness (QED) is 0.832. The van der Waals surface area contributed by atoms with Gasteiger partial charge in [0, 0.05) is 17.2 Å². The largest absolute Gasteiger partial charge is 0.493 e. The summed E-state index contributed by atoms with van der Waals surface area (Å²) < 4.78 is 5.28. The van der Waals surface area contributed by atoms with Gasteiger partial charge < -0.3 is 14.8 Å². The van der Waals surface area contributed by atoms with Crippen LogP contribution in [0.2, 0.25) is 5.02 Å². The minimum absolute atomic E-state index is 0.0647. The van der Waals surface area contributed by atoms with Crippen LogP contribution in [0, 0.1) is 0 Å². The van der Waals surface area contributed by atoms with Crippen LogP contribution < -0.4 is 5.56 Å². The highest BCUT2D eigenvalue weighted by molar-refractivity contribution is 6.33. The number of halogens is 1. The predicted molar refractivity (Wildman–Crippen MR) is 76.9 cm³/mol. The highest BCUT2D eigenvalue weighted by atomic mass is 35.5. The second kappa shape index (κ2) is 6.54. The maximum Gasteiger partial charge on any atom is 0.262 e. The molecule has 0 aliphatic heterocycles. The molecule has 2 aromatic rings. The number of aromatic amines is 1. The molecule has 0 atom stereocenters. The Morgan fingerprint density at radius 1 is 1.40 bits per heavy atom. The van der Waals surface area contributed by atoms with Gasteiger partial charge in [-0.15, -0.1) is 0 Å². The van der Waals surface area contributed by atoms with Gasteiger partial charge in [-0.25, -0.2) is 0 Å². The molecule has 0 unspecified atom stereocenters. The van der Waals surface area contributed by atoms with E-state index in [1.807, 2.05) is 6.92 Å². The zero-order valence-corrected chi connectivity index (χ0v) is 11.8. The average Bonchev–Trinajstić information content (AvgIpc) is 2.40. The summed E-state index contributed by atoms with van der Waals surface area (Å²) in [6.07, 6.45) is 0.869. The van der Waals surface area contributed by atoms with Crippen molar-refractivity contribution >= 4 is 11.6 Å². The third kappa shape index (κ3) is 3.18. The highest BCUT2D eigenvalue weighted by Gasteiger charge is 2.15. The molecule has 1 aromatic carbocycles. The monoisotopic (exact) mass is 294 g/mol. The summed E-state index contributed by atoms with van der Waals surface area (Å²) in [7, 11) is 0.